The molecule has 1 atom stereocenters. The fourth-order valence-electron chi connectivity index (χ4n) is 5.44. The molecule has 7 heteroatoms. The van der Waals surface area contributed by atoms with Crippen molar-refractivity contribution in [1.82, 2.24) is 19.4 Å². The SMILES string of the molecule is Cc1cc(CN(Cc2cn(C(C)C)c3ccccc3c2=O)C2CCCN(c3ccc(N)nc3)C2)ccn1. The molecule has 7 nitrogen and oxygen atoms in total. The molecule has 1 aromatic carbocycles. The molecule has 3 aromatic heterocycles. The second-order valence-corrected chi connectivity index (χ2v) is 10.4. The number of para-hydroxylation sites is 1. The van der Waals surface area contributed by atoms with Crippen molar-refractivity contribution in [2.75, 3.05) is 23.7 Å². The Morgan fingerprint density at radius 2 is 1.95 bits per heavy atom. The van der Waals surface area contributed by atoms with Crippen molar-refractivity contribution in [3.63, 3.8) is 0 Å². The number of anilines is 2. The third kappa shape index (κ3) is 5.52. The topological polar surface area (TPSA) is 80.3 Å². The molecule has 2 N–H and O–H groups in total. The highest BCUT2D eigenvalue weighted by Crippen LogP contribution is 2.26. The number of benzene rings is 1. The van der Waals surface area contributed by atoms with Gasteiger partial charge in [0.1, 0.15) is 5.82 Å². The monoisotopic (exact) mass is 496 g/mol. The van der Waals surface area contributed by atoms with Crippen LogP contribution in [0.25, 0.3) is 10.9 Å². The van der Waals surface area contributed by atoms with Gasteiger partial charge in [0.2, 0.25) is 0 Å². The number of hydrogen-bond donors (Lipinski definition) is 1. The normalized spacial score (nSPS) is 16.1. The molecule has 1 aliphatic rings. The highest BCUT2D eigenvalue weighted by molar-refractivity contribution is 5.79. The zero-order valence-electron chi connectivity index (χ0n) is 22.0. The predicted molar refractivity (Wildman–Crippen MR) is 151 cm³/mol. The maximum atomic E-state index is 13.7. The van der Waals surface area contributed by atoms with Crippen LogP contribution >= 0.6 is 0 Å². The van der Waals surface area contributed by atoms with Crippen LogP contribution in [-0.2, 0) is 13.1 Å². The van der Waals surface area contributed by atoms with Gasteiger partial charge in [0.05, 0.1) is 17.4 Å². The highest BCUT2D eigenvalue weighted by atomic mass is 16.1. The van der Waals surface area contributed by atoms with Crippen LogP contribution < -0.4 is 16.1 Å². The van der Waals surface area contributed by atoms with Crippen LogP contribution in [-0.4, -0.2) is 38.6 Å². The van der Waals surface area contributed by atoms with Crippen LogP contribution in [0.2, 0.25) is 0 Å². The fraction of sp³-hybridized carbons (Fsp3) is 0.367. The average Bonchev–Trinajstić information content (AvgIpc) is 2.90. The van der Waals surface area contributed by atoms with E-state index < -0.39 is 0 Å². The molecule has 192 valence electrons. The Labute approximate surface area is 218 Å². The van der Waals surface area contributed by atoms with Gasteiger partial charge in [-0.15, -0.1) is 0 Å². The summed E-state index contributed by atoms with van der Waals surface area (Å²) in [6, 6.07) is 16.6. The number of fused-ring (bicyclic) bond motifs is 1. The van der Waals surface area contributed by atoms with E-state index in [-0.39, 0.29) is 17.5 Å². The Balaban J connectivity index is 1.50. The third-order valence-electron chi connectivity index (χ3n) is 7.34. The van der Waals surface area contributed by atoms with Gasteiger partial charge in [-0.3, -0.25) is 14.7 Å². The van der Waals surface area contributed by atoms with Crippen LogP contribution in [0.4, 0.5) is 11.5 Å². The molecule has 1 fully saturated rings. The Hall–Kier alpha value is -3.71. The molecule has 4 aromatic rings. The number of pyridine rings is 3. The van der Waals surface area contributed by atoms with Gasteiger partial charge in [-0.05, 0) is 75.6 Å². The highest BCUT2D eigenvalue weighted by Gasteiger charge is 2.27. The molecule has 4 heterocycles. The summed E-state index contributed by atoms with van der Waals surface area (Å²) in [4.78, 5) is 27.2. The van der Waals surface area contributed by atoms with E-state index in [2.05, 4.69) is 56.5 Å². The van der Waals surface area contributed by atoms with Gasteiger partial charge in [-0.1, -0.05) is 12.1 Å². The molecule has 5 rings (SSSR count). The molecule has 0 bridgehead atoms. The van der Waals surface area contributed by atoms with Crippen molar-refractivity contribution in [2.45, 2.75) is 58.8 Å². The van der Waals surface area contributed by atoms with E-state index >= 15 is 0 Å². The standard InChI is InChI=1S/C30H36N6O/c1-21(2)36-19-24(30(37)27-8-4-5-9-28(27)36)18-35(17-23-12-13-32-22(3)15-23)26-7-6-14-34(20-26)25-10-11-29(31)33-16-25/h4-5,8-13,15-16,19,21,26H,6-7,14,17-18,20H2,1-3H3,(H2,31,33). The lowest BCUT2D eigenvalue weighted by molar-refractivity contribution is 0.158. The smallest absolute Gasteiger partial charge is 0.193 e. The molecule has 0 aliphatic carbocycles. The quantitative estimate of drug-likeness (QED) is 0.391. The minimum absolute atomic E-state index is 0.124. The van der Waals surface area contributed by atoms with E-state index in [1.807, 2.05) is 55.7 Å². The summed E-state index contributed by atoms with van der Waals surface area (Å²) in [7, 11) is 0. The zero-order chi connectivity index (χ0) is 25.9. The summed E-state index contributed by atoms with van der Waals surface area (Å²) in [5.41, 5.74) is 11.1. The van der Waals surface area contributed by atoms with Gasteiger partial charge < -0.3 is 15.2 Å². The van der Waals surface area contributed by atoms with E-state index in [1.54, 1.807) is 0 Å². The summed E-state index contributed by atoms with van der Waals surface area (Å²) < 4.78 is 2.23. The van der Waals surface area contributed by atoms with Gasteiger partial charge in [0, 0.05) is 67.3 Å². The van der Waals surface area contributed by atoms with Gasteiger partial charge in [0.25, 0.3) is 0 Å². The zero-order valence-corrected chi connectivity index (χ0v) is 22.0. The van der Waals surface area contributed by atoms with Crippen molar-refractivity contribution < 1.29 is 0 Å². The van der Waals surface area contributed by atoms with Crippen LogP contribution in [0, 0.1) is 6.92 Å². The molecule has 0 radical (unpaired) electrons. The van der Waals surface area contributed by atoms with E-state index in [1.165, 1.54) is 5.56 Å². The summed E-state index contributed by atoms with van der Waals surface area (Å²) in [6.45, 7) is 9.57. The first kappa shape index (κ1) is 25.0. The molecule has 1 unspecified atom stereocenters. The van der Waals surface area contributed by atoms with E-state index in [0.717, 1.165) is 60.3 Å². The van der Waals surface area contributed by atoms with E-state index in [4.69, 9.17) is 5.73 Å². The Morgan fingerprint density at radius 3 is 2.70 bits per heavy atom. The van der Waals surface area contributed by atoms with Crippen LogP contribution in [0.1, 0.15) is 49.6 Å². The second kappa shape index (κ2) is 10.7. The maximum Gasteiger partial charge on any atom is 0.193 e. The number of nitrogens with zero attached hydrogens (tertiary/aromatic N) is 5. The summed E-state index contributed by atoms with van der Waals surface area (Å²) in [5, 5.41) is 0.784. The number of nitrogens with two attached hydrogens (primary N) is 1. The number of aryl methyl sites for hydroxylation is 1. The number of hydrogen-bond acceptors (Lipinski definition) is 6. The summed E-state index contributed by atoms with van der Waals surface area (Å²) in [5.74, 6) is 0.532. The Bertz CT molecular complexity index is 1430. The second-order valence-electron chi connectivity index (χ2n) is 10.4. The summed E-state index contributed by atoms with van der Waals surface area (Å²) >= 11 is 0. The van der Waals surface area contributed by atoms with Crippen LogP contribution in [0.5, 0.6) is 0 Å². The van der Waals surface area contributed by atoms with Crippen molar-refractivity contribution in [1.29, 1.82) is 0 Å². The first-order valence-corrected chi connectivity index (χ1v) is 13.1. The van der Waals surface area contributed by atoms with Crippen LogP contribution in [0.15, 0.2) is 71.9 Å². The lowest BCUT2D eigenvalue weighted by atomic mass is 10.0. The minimum Gasteiger partial charge on any atom is -0.384 e. The number of nitrogen functional groups attached to an aromatic ring is 1. The molecule has 0 amide bonds. The van der Waals surface area contributed by atoms with Crippen molar-refractivity contribution >= 4 is 22.4 Å². The van der Waals surface area contributed by atoms with E-state index in [0.29, 0.717) is 12.4 Å². The van der Waals surface area contributed by atoms with Gasteiger partial charge in [-0.25, -0.2) is 4.98 Å². The lowest BCUT2D eigenvalue weighted by Gasteiger charge is -2.40. The molecular formula is C30H36N6O. The molecule has 37 heavy (non-hydrogen) atoms. The van der Waals surface area contributed by atoms with Gasteiger partial charge >= 0.3 is 0 Å². The number of piperidine rings is 1. The van der Waals surface area contributed by atoms with Crippen molar-refractivity contribution in [3.05, 3.63) is 94.2 Å². The average molecular weight is 497 g/mol. The Morgan fingerprint density at radius 1 is 1.11 bits per heavy atom. The van der Waals surface area contributed by atoms with E-state index in [9.17, 15) is 4.79 Å². The molecular weight excluding hydrogens is 460 g/mol. The molecule has 1 aliphatic heterocycles. The first-order valence-electron chi connectivity index (χ1n) is 13.1. The maximum absolute atomic E-state index is 13.7. The largest absolute Gasteiger partial charge is 0.384 e. The Kier molecular flexibility index (Phi) is 7.24. The van der Waals surface area contributed by atoms with Crippen molar-refractivity contribution in [2.24, 2.45) is 0 Å². The lowest BCUT2D eigenvalue weighted by Crippen LogP contribution is -2.48. The number of aromatic nitrogens is 3. The van der Waals surface area contributed by atoms with Gasteiger partial charge in [0.15, 0.2) is 5.43 Å². The summed E-state index contributed by atoms with van der Waals surface area (Å²) in [6.07, 6.45) is 7.96. The van der Waals surface area contributed by atoms with Gasteiger partial charge in [-0.2, -0.15) is 0 Å². The molecule has 0 saturated carbocycles. The third-order valence-corrected chi connectivity index (χ3v) is 7.34. The number of rotatable bonds is 7. The van der Waals surface area contributed by atoms with Crippen LogP contribution in [0.3, 0.4) is 0 Å². The minimum atomic E-state index is 0.124. The first-order chi connectivity index (χ1) is 17.9. The molecule has 1 saturated heterocycles. The molecule has 0 spiro atoms. The van der Waals surface area contributed by atoms with Crippen molar-refractivity contribution in [3.8, 4) is 0 Å². The fourth-order valence-corrected chi connectivity index (χ4v) is 5.44. The predicted octanol–water partition coefficient (Wildman–Crippen LogP) is 4.93.